The number of hydrogen-bond donors (Lipinski definition) is 1. The van der Waals surface area contributed by atoms with E-state index in [9.17, 15) is 4.79 Å². The van der Waals surface area contributed by atoms with Crippen LogP contribution in [0.3, 0.4) is 0 Å². The van der Waals surface area contributed by atoms with Gasteiger partial charge in [0.15, 0.2) is 0 Å². The monoisotopic (exact) mass is 446 g/mol. The molecule has 0 radical (unpaired) electrons. The third kappa shape index (κ3) is 4.68. The van der Waals surface area contributed by atoms with Gasteiger partial charge in [-0.15, -0.1) is 0 Å². The fourth-order valence-corrected chi connectivity index (χ4v) is 6.15. The molecule has 3 heterocycles. The normalized spacial score (nSPS) is 27.4. The van der Waals surface area contributed by atoms with Gasteiger partial charge >= 0.3 is 6.09 Å². The third-order valence-electron chi connectivity index (χ3n) is 7.93. The number of fused-ring (bicyclic) bond motifs is 4. The quantitative estimate of drug-likeness (QED) is 0.613. The molecule has 1 N–H and O–H groups in total. The molecule has 176 valence electrons. The molecule has 1 aliphatic carbocycles. The summed E-state index contributed by atoms with van der Waals surface area (Å²) in [4.78, 5) is 15.3. The highest BCUT2D eigenvalue weighted by atomic mass is 16.6. The van der Waals surface area contributed by atoms with Crippen molar-refractivity contribution in [2.24, 2.45) is 17.3 Å². The van der Waals surface area contributed by atoms with Crippen molar-refractivity contribution in [3.05, 3.63) is 59.2 Å². The summed E-state index contributed by atoms with van der Waals surface area (Å²) in [6, 6.07) is 15.7. The largest absolute Gasteiger partial charge is 0.445 e. The minimum Gasteiger partial charge on any atom is -0.445 e. The van der Waals surface area contributed by atoms with E-state index in [0.29, 0.717) is 11.8 Å². The summed E-state index contributed by atoms with van der Waals surface area (Å²) in [7, 11) is 0. The van der Waals surface area contributed by atoms with E-state index in [4.69, 9.17) is 4.74 Å². The second-order valence-electron chi connectivity index (χ2n) is 11.5. The summed E-state index contributed by atoms with van der Waals surface area (Å²) in [6.07, 6.45) is 4.14. The number of ether oxygens (including phenoxy) is 1. The predicted octanol–water partition coefficient (Wildman–Crippen LogP) is 6.00. The zero-order chi connectivity index (χ0) is 23.2. The Kier molecular flexibility index (Phi) is 5.98. The summed E-state index contributed by atoms with van der Waals surface area (Å²) in [5, 5.41) is 3.24. The number of carbonyl (C=O) groups excluding carboxylic acids is 1. The maximum absolute atomic E-state index is 12.9. The van der Waals surface area contributed by atoms with E-state index in [0.717, 1.165) is 45.3 Å². The first-order valence-corrected chi connectivity index (χ1v) is 12.7. The van der Waals surface area contributed by atoms with E-state index < -0.39 is 0 Å². The number of nitrogens with one attached hydrogen (secondary N) is 1. The number of hydrogen-bond acceptors (Lipinski definition) is 3. The van der Waals surface area contributed by atoms with Gasteiger partial charge in [-0.3, -0.25) is 4.90 Å². The van der Waals surface area contributed by atoms with Crippen molar-refractivity contribution in [1.29, 1.82) is 0 Å². The second kappa shape index (κ2) is 8.79. The maximum Gasteiger partial charge on any atom is 0.407 e. The van der Waals surface area contributed by atoms with Gasteiger partial charge in [-0.2, -0.15) is 0 Å². The first-order valence-electron chi connectivity index (χ1n) is 12.7. The zero-order valence-corrected chi connectivity index (χ0v) is 20.6. The number of piperidine rings is 3. The van der Waals surface area contributed by atoms with Gasteiger partial charge in [-0.1, -0.05) is 70.2 Å². The van der Waals surface area contributed by atoms with Gasteiger partial charge in [0.25, 0.3) is 0 Å². The average Bonchev–Trinajstić information content (AvgIpc) is 3.03. The number of rotatable bonds is 5. The summed E-state index contributed by atoms with van der Waals surface area (Å²) in [5.41, 5.74) is 6.40. The van der Waals surface area contributed by atoms with Crippen LogP contribution in [0.25, 0.3) is 11.1 Å². The Morgan fingerprint density at radius 1 is 1.09 bits per heavy atom. The van der Waals surface area contributed by atoms with Crippen molar-refractivity contribution >= 4 is 6.09 Å². The molecule has 0 spiro atoms. The van der Waals surface area contributed by atoms with E-state index in [1.165, 1.54) is 27.8 Å². The molecule has 33 heavy (non-hydrogen) atoms. The van der Waals surface area contributed by atoms with Gasteiger partial charge in [0.2, 0.25) is 0 Å². The predicted molar refractivity (Wildman–Crippen MR) is 133 cm³/mol. The molecule has 3 saturated heterocycles. The van der Waals surface area contributed by atoms with Crippen molar-refractivity contribution in [2.75, 3.05) is 19.6 Å². The van der Waals surface area contributed by atoms with Crippen molar-refractivity contribution in [3.8, 4) is 11.1 Å². The molecule has 4 nitrogen and oxygen atoms in total. The van der Waals surface area contributed by atoms with Crippen LogP contribution < -0.4 is 5.32 Å². The average molecular weight is 447 g/mol. The van der Waals surface area contributed by atoms with Gasteiger partial charge in [0.05, 0.1) is 6.04 Å². The number of benzene rings is 2. The maximum atomic E-state index is 12.9. The van der Waals surface area contributed by atoms with E-state index >= 15 is 0 Å². The lowest BCUT2D eigenvalue weighted by Gasteiger charge is -2.44. The molecule has 3 fully saturated rings. The molecule has 1 amide bonds. The molecule has 4 aliphatic rings. The zero-order valence-electron chi connectivity index (χ0n) is 20.6. The van der Waals surface area contributed by atoms with Crippen molar-refractivity contribution in [2.45, 2.75) is 65.5 Å². The van der Waals surface area contributed by atoms with Gasteiger partial charge in [0.1, 0.15) is 6.10 Å². The lowest BCUT2D eigenvalue weighted by molar-refractivity contribution is -0.0348. The Balaban J connectivity index is 1.29. The molecule has 0 saturated carbocycles. The molecular weight excluding hydrogens is 408 g/mol. The van der Waals surface area contributed by atoms with E-state index in [1.807, 2.05) is 0 Å². The van der Waals surface area contributed by atoms with Crippen LogP contribution in [-0.4, -0.2) is 36.7 Å². The molecule has 2 aromatic carbocycles. The van der Waals surface area contributed by atoms with E-state index in [1.54, 1.807) is 0 Å². The third-order valence-corrected chi connectivity index (χ3v) is 7.93. The van der Waals surface area contributed by atoms with Crippen LogP contribution in [0, 0.1) is 17.3 Å². The van der Waals surface area contributed by atoms with Crippen molar-refractivity contribution < 1.29 is 9.53 Å². The van der Waals surface area contributed by atoms with Gasteiger partial charge < -0.3 is 10.1 Å². The van der Waals surface area contributed by atoms with Crippen LogP contribution in [0.15, 0.2) is 42.5 Å². The van der Waals surface area contributed by atoms with E-state index in [-0.39, 0.29) is 23.7 Å². The first-order chi connectivity index (χ1) is 15.8. The lowest BCUT2D eigenvalue weighted by atomic mass is 9.85. The lowest BCUT2D eigenvalue weighted by Crippen LogP contribution is -2.53. The standard InChI is InChI=1S/C29H38N2O2/c1-19(2)15-20-5-7-21(8-6-20)23-9-10-25-24(16-23)17-29(3,4)27(25)30-28(32)33-26-18-31-13-11-22(26)12-14-31/h5-10,16,19,22,26-27H,11-15,17-18H2,1-4H3,(H,30,32)/t26-,27?/m1/s1. The molecule has 2 bridgehead atoms. The summed E-state index contributed by atoms with van der Waals surface area (Å²) in [5.74, 6) is 1.19. The van der Waals surface area contributed by atoms with Crippen LogP contribution in [0.4, 0.5) is 4.79 Å². The number of alkyl carbamates (subject to hydrolysis) is 1. The molecule has 4 heteroatoms. The molecule has 2 aromatic rings. The Hall–Kier alpha value is -2.33. The topological polar surface area (TPSA) is 41.6 Å². The fraction of sp³-hybridized carbons (Fsp3) is 0.552. The molecule has 6 rings (SSSR count). The van der Waals surface area contributed by atoms with Crippen LogP contribution in [0.2, 0.25) is 0 Å². The van der Waals surface area contributed by atoms with Crippen LogP contribution in [-0.2, 0) is 17.6 Å². The van der Waals surface area contributed by atoms with E-state index in [2.05, 4.69) is 80.4 Å². The van der Waals surface area contributed by atoms with Crippen molar-refractivity contribution in [1.82, 2.24) is 10.2 Å². The molecule has 1 unspecified atom stereocenters. The number of nitrogens with zero attached hydrogens (tertiary/aromatic N) is 1. The van der Waals surface area contributed by atoms with Gasteiger partial charge in [0, 0.05) is 6.54 Å². The van der Waals surface area contributed by atoms with Crippen LogP contribution >= 0.6 is 0 Å². The van der Waals surface area contributed by atoms with Crippen LogP contribution in [0.1, 0.15) is 63.3 Å². The summed E-state index contributed by atoms with van der Waals surface area (Å²) in [6.45, 7) is 12.2. The highest BCUT2D eigenvalue weighted by Gasteiger charge is 2.42. The van der Waals surface area contributed by atoms with Gasteiger partial charge in [-0.05, 0) is 83.8 Å². The highest BCUT2D eigenvalue weighted by Crippen LogP contribution is 2.46. The molecule has 0 aromatic heterocycles. The summed E-state index contributed by atoms with van der Waals surface area (Å²) >= 11 is 0. The smallest absolute Gasteiger partial charge is 0.407 e. The number of amides is 1. The second-order valence-corrected chi connectivity index (χ2v) is 11.5. The minimum absolute atomic E-state index is 0.0245. The molecule has 3 aliphatic heterocycles. The Morgan fingerprint density at radius 3 is 2.42 bits per heavy atom. The summed E-state index contributed by atoms with van der Waals surface area (Å²) < 4.78 is 5.94. The number of carbonyl (C=O) groups is 1. The Morgan fingerprint density at radius 2 is 1.79 bits per heavy atom. The minimum atomic E-state index is -0.260. The molecule has 2 atom stereocenters. The fourth-order valence-electron chi connectivity index (χ4n) is 6.15. The molecular formula is C29H38N2O2. The van der Waals surface area contributed by atoms with Gasteiger partial charge in [-0.25, -0.2) is 4.79 Å². The SMILES string of the molecule is CC(C)Cc1ccc(-c2ccc3c(c2)CC(C)(C)C3NC(=O)O[C@@H]2CN3CCC2CC3)cc1. The first kappa shape index (κ1) is 22.5. The Bertz CT molecular complexity index is 1000. The Labute approximate surface area is 198 Å². The highest BCUT2D eigenvalue weighted by molar-refractivity contribution is 5.70. The van der Waals surface area contributed by atoms with Crippen LogP contribution in [0.5, 0.6) is 0 Å². The van der Waals surface area contributed by atoms with Crippen molar-refractivity contribution in [3.63, 3.8) is 0 Å².